The minimum Gasteiger partial charge on any atom is -0.171 e. The van der Waals surface area contributed by atoms with Crippen LogP contribution in [-0.4, -0.2) is 6.18 Å². The van der Waals surface area contributed by atoms with Crippen LogP contribution < -0.4 is 0 Å². The minimum atomic E-state index is -4.15. The van der Waals surface area contributed by atoms with Gasteiger partial charge in [0.25, 0.3) is 0 Å². The smallest absolute Gasteiger partial charge is 0.171 e. The molecule has 2 aromatic rings. The standard InChI is InChI=1S/C15H13F3/c16-15(17,18)11-14-8-4-7-13(10-14)9-12-5-2-1-3-6-12/h1-8,10H,9,11H2. The molecule has 0 aliphatic rings. The summed E-state index contributed by atoms with van der Waals surface area (Å²) in [4.78, 5) is 0. The zero-order valence-corrected chi connectivity index (χ0v) is 9.74. The second kappa shape index (κ2) is 5.25. The zero-order chi connectivity index (χ0) is 13.0. The Hall–Kier alpha value is -1.77. The maximum Gasteiger partial charge on any atom is 0.393 e. The Morgan fingerprint density at radius 1 is 0.722 bits per heavy atom. The van der Waals surface area contributed by atoms with Crippen LogP contribution >= 0.6 is 0 Å². The lowest BCUT2D eigenvalue weighted by atomic mass is 10.0. The highest BCUT2D eigenvalue weighted by molar-refractivity contribution is 5.29. The third-order valence-electron chi connectivity index (χ3n) is 2.65. The van der Waals surface area contributed by atoms with Crippen molar-refractivity contribution in [3.05, 3.63) is 71.3 Å². The third-order valence-corrected chi connectivity index (χ3v) is 2.65. The lowest BCUT2D eigenvalue weighted by Crippen LogP contribution is -2.11. The second-order valence-electron chi connectivity index (χ2n) is 4.27. The number of hydrogen-bond donors (Lipinski definition) is 0. The molecule has 0 aromatic heterocycles. The van der Waals surface area contributed by atoms with Gasteiger partial charge in [-0.25, -0.2) is 0 Å². The van der Waals surface area contributed by atoms with Crippen LogP contribution in [0.4, 0.5) is 13.2 Å². The lowest BCUT2D eigenvalue weighted by Gasteiger charge is -2.08. The highest BCUT2D eigenvalue weighted by Gasteiger charge is 2.27. The molecule has 0 radical (unpaired) electrons. The summed E-state index contributed by atoms with van der Waals surface area (Å²) in [5.41, 5.74) is 2.32. The predicted octanol–water partition coefficient (Wildman–Crippen LogP) is 4.38. The van der Waals surface area contributed by atoms with Crippen molar-refractivity contribution in [1.29, 1.82) is 0 Å². The molecule has 0 N–H and O–H groups in total. The van der Waals surface area contributed by atoms with E-state index in [0.29, 0.717) is 12.0 Å². The molecule has 0 amide bonds. The SMILES string of the molecule is FC(F)(F)Cc1cccc(Cc2ccccc2)c1. The minimum absolute atomic E-state index is 0.316. The average molecular weight is 250 g/mol. The van der Waals surface area contributed by atoms with Gasteiger partial charge in [0.05, 0.1) is 6.42 Å². The molecule has 0 saturated carbocycles. The topological polar surface area (TPSA) is 0 Å². The van der Waals surface area contributed by atoms with E-state index in [9.17, 15) is 13.2 Å². The molecule has 3 heteroatoms. The predicted molar refractivity (Wildman–Crippen MR) is 65.4 cm³/mol. The van der Waals surface area contributed by atoms with Gasteiger partial charge in [0.15, 0.2) is 0 Å². The molecular formula is C15H13F3. The van der Waals surface area contributed by atoms with E-state index in [1.807, 2.05) is 36.4 Å². The molecule has 0 aliphatic heterocycles. The summed E-state index contributed by atoms with van der Waals surface area (Å²) < 4.78 is 36.9. The first-order valence-electron chi connectivity index (χ1n) is 5.71. The van der Waals surface area contributed by atoms with Gasteiger partial charge >= 0.3 is 6.18 Å². The van der Waals surface area contributed by atoms with Gasteiger partial charge in [-0.2, -0.15) is 13.2 Å². The van der Waals surface area contributed by atoms with E-state index in [1.165, 1.54) is 6.07 Å². The maximum absolute atomic E-state index is 12.3. The molecule has 0 bridgehead atoms. The van der Waals surface area contributed by atoms with Gasteiger partial charge < -0.3 is 0 Å². The van der Waals surface area contributed by atoms with E-state index in [1.54, 1.807) is 12.1 Å². The molecule has 0 unspecified atom stereocenters. The Morgan fingerprint density at radius 3 is 2.00 bits per heavy atom. The quantitative estimate of drug-likeness (QED) is 0.758. The van der Waals surface area contributed by atoms with Crippen LogP contribution in [0.2, 0.25) is 0 Å². The summed E-state index contributed by atoms with van der Waals surface area (Å²) in [6.45, 7) is 0. The van der Waals surface area contributed by atoms with Crippen LogP contribution in [0.3, 0.4) is 0 Å². The lowest BCUT2D eigenvalue weighted by molar-refractivity contribution is -0.127. The highest BCUT2D eigenvalue weighted by Crippen LogP contribution is 2.22. The van der Waals surface area contributed by atoms with Crippen molar-refractivity contribution in [2.24, 2.45) is 0 Å². The Balaban J connectivity index is 2.13. The summed E-state index contributed by atoms with van der Waals surface area (Å²) >= 11 is 0. The Morgan fingerprint density at radius 2 is 1.33 bits per heavy atom. The molecule has 94 valence electrons. The number of hydrogen-bond acceptors (Lipinski definition) is 0. The van der Waals surface area contributed by atoms with Crippen LogP contribution in [0.15, 0.2) is 54.6 Å². The Labute approximate surface area is 104 Å². The first-order chi connectivity index (χ1) is 8.53. The fraction of sp³-hybridized carbons (Fsp3) is 0.200. The Bertz CT molecular complexity index is 501. The first kappa shape index (κ1) is 12.7. The van der Waals surface area contributed by atoms with Crippen LogP contribution in [0.1, 0.15) is 16.7 Å². The maximum atomic E-state index is 12.3. The van der Waals surface area contributed by atoms with Gasteiger partial charge in [-0.05, 0) is 23.1 Å². The van der Waals surface area contributed by atoms with E-state index in [0.717, 1.165) is 11.1 Å². The molecule has 0 nitrogen and oxygen atoms in total. The largest absolute Gasteiger partial charge is 0.393 e. The van der Waals surface area contributed by atoms with Crippen LogP contribution in [0.5, 0.6) is 0 Å². The van der Waals surface area contributed by atoms with Crippen molar-refractivity contribution in [2.75, 3.05) is 0 Å². The van der Waals surface area contributed by atoms with Gasteiger partial charge in [-0.15, -0.1) is 0 Å². The number of halogens is 3. The third kappa shape index (κ3) is 3.91. The van der Waals surface area contributed by atoms with E-state index in [4.69, 9.17) is 0 Å². The Kier molecular flexibility index (Phi) is 3.70. The van der Waals surface area contributed by atoms with Crippen LogP contribution in [-0.2, 0) is 12.8 Å². The van der Waals surface area contributed by atoms with Crippen molar-refractivity contribution < 1.29 is 13.2 Å². The summed E-state index contributed by atoms with van der Waals surface area (Å²) in [5.74, 6) is 0. The first-order valence-corrected chi connectivity index (χ1v) is 5.71. The molecule has 0 spiro atoms. The van der Waals surface area contributed by atoms with Crippen molar-refractivity contribution in [3.63, 3.8) is 0 Å². The zero-order valence-electron chi connectivity index (χ0n) is 9.74. The summed E-state index contributed by atoms with van der Waals surface area (Å²) in [5, 5.41) is 0. The average Bonchev–Trinajstić information content (AvgIpc) is 2.28. The second-order valence-corrected chi connectivity index (χ2v) is 4.27. The fourth-order valence-electron chi connectivity index (χ4n) is 1.91. The van der Waals surface area contributed by atoms with Crippen molar-refractivity contribution in [3.8, 4) is 0 Å². The fourth-order valence-corrected chi connectivity index (χ4v) is 1.91. The molecule has 0 fully saturated rings. The van der Waals surface area contributed by atoms with Gasteiger partial charge in [0.1, 0.15) is 0 Å². The van der Waals surface area contributed by atoms with Gasteiger partial charge in [-0.1, -0.05) is 54.6 Å². The molecule has 0 saturated heterocycles. The summed E-state index contributed by atoms with van der Waals surface area (Å²) in [7, 11) is 0. The monoisotopic (exact) mass is 250 g/mol. The van der Waals surface area contributed by atoms with Gasteiger partial charge in [-0.3, -0.25) is 0 Å². The van der Waals surface area contributed by atoms with Crippen molar-refractivity contribution >= 4 is 0 Å². The molecule has 0 heterocycles. The van der Waals surface area contributed by atoms with E-state index in [-0.39, 0.29) is 0 Å². The summed E-state index contributed by atoms with van der Waals surface area (Å²) in [6, 6.07) is 16.4. The normalized spacial score (nSPS) is 11.5. The van der Waals surface area contributed by atoms with E-state index in [2.05, 4.69) is 0 Å². The van der Waals surface area contributed by atoms with E-state index < -0.39 is 12.6 Å². The summed E-state index contributed by atoms with van der Waals surface area (Å²) in [6.07, 6.45) is -4.35. The molecule has 2 aromatic carbocycles. The number of alkyl halides is 3. The van der Waals surface area contributed by atoms with Gasteiger partial charge in [0, 0.05) is 0 Å². The van der Waals surface area contributed by atoms with Crippen molar-refractivity contribution in [2.45, 2.75) is 19.0 Å². The molecular weight excluding hydrogens is 237 g/mol. The molecule has 18 heavy (non-hydrogen) atoms. The van der Waals surface area contributed by atoms with Crippen molar-refractivity contribution in [1.82, 2.24) is 0 Å². The highest BCUT2D eigenvalue weighted by atomic mass is 19.4. The molecule has 0 atom stereocenters. The number of benzene rings is 2. The number of rotatable bonds is 3. The van der Waals surface area contributed by atoms with E-state index >= 15 is 0 Å². The molecule has 2 rings (SSSR count). The molecule has 0 aliphatic carbocycles. The van der Waals surface area contributed by atoms with Crippen LogP contribution in [0, 0.1) is 0 Å². The van der Waals surface area contributed by atoms with Crippen LogP contribution in [0.25, 0.3) is 0 Å². The van der Waals surface area contributed by atoms with Gasteiger partial charge in [0.2, 0.25) is 0 Å².